The van der Waals surface area contributed by atoms with E-state index < -0.39 is 18.5 Å². The number of carbonyl (C=O) groups is 2. The summed E-state index contributed by atoms with van der Waals surface area (Å²) in [6.07, 6.45) is 3.64. The number of nitrogens with one attached hydrogen (secondary N) is 2. The van der Waals surface area contributed by atoms with Crippen molar-refractivity contribution in [1.82, 2.24) is 15.5 Å². The Balaban J connectivity index is 1.19. The SMILES string of the molecule is C=C1CCC(N2Cc3cc(C[C@H]4CCCC[C@@H]4N[C@H]4CC[C@@H](OC(F)(F)F)CC4)ccc3C2=O)C(=O)N1. The molecular weight excluding hydrogens is 483 g/mol. The molecule has 2 N–H and O–H groups in total. The molecule has 3 atom stereocenters. The first kappa shape index (κ1) is 26.2. The molecule has 3 fully saturated rings. The van der Waals surface area contributed by atoms with Crippen LogP contribution in [0.3, 0.4) is 0 Å². The van der Waals surface area contributed by atoms with Gasteiger partial charge in [-0.1, -0.05) is 31.6 Å². The minimum Gasteiger partial charge on any atom is -0.329 e. The van der Waals surface area contributed by atoms with Crippen molar-refractivity contribution in [3.05, 3.63) is 47.2 Å². The monoisotopic (exact) mass is 519 g/mol. The highest BCUT2D eigenvalue weighted by Gasteiger charge is 2.39. The van der Waals surface area contributed by atoms with E-state index >= 15 is 0 Å². The van der Waals surface area contributed by atoms with Crippen LogP contribution in [-0.4, -0.2) is 47.3 Å². The van der Waals surface area contributed by atoms with E-state index in [1.807, 2.05) is 12.1 Å². The molecule has 0 radical (unpaired) electrons. The number of hydrogen-bond acceptors (Lipinski definition) is 4. The van der Waals surface area contributed by atoms with Gasteiger partial charge in [0.1, 0.15) is 6.04 Å². The Morgan fingerprint density at radius 1 is 1.05 bits per heavy atom. The van der Waals surface area contributed by atoms with Crippen LogP contribution in [0.2, 0.25) is 0 Å². The van der Waals surface area contributed by atoms with Crippen LogP contribution in [0.15, 0.2) is 30.5 Å². The van der Waals surface area contributed by atoms with Crippen molar-refractivity contribution in [2.24, 2.45) is 5.92 Å². The first-order valence-electron chi connectivity index (χ1n) is 13.6. The number of halogens is 3. The third-order valence-electron chi connectivity index (χ3n) is 8.53. The summed E-state index contributed by atoms with van der Waals surface area (Å²) in [7, 11) is 0. The van der Waals surface area contributed by atoms with Crippen LogP contribution < -0.4 is 10.6 Å². The highest BCUT2D eigenvalue weighted by molar-refractivity contribution is 6.01. The predicted molar refractivity (Wildman–Crippen MR) is 132 cm³/mol. The molecule has 1 unspecified atom stereocenters. The van der Waals surface area contributed by atoms with Crippen LogP contribution in [0.25, 0.3) is 0 Å². The van der Waals surface area contributed by atoms with Gasteiger partial charge in [-0.25, -0.2) is 0 Å². The average molecular weight is 520 g/mol. The minimum atomic E-state index is -4.56. The van der Waals surface area contributed by atoms with E-state index in [0.29, 0.717) is 68.3 Å². The second-order valence-electron chi connectivity index (χ2n) is 11.1. The quantitative estimate of drug-likeness (QED) is 0.557. The van der Waals surface area contributed by atoms with E-state index in [0.717, 1.165) is 31.2 Å². The summed E-state index contributed by atoms with van der Waals surface area (Å²) < 4.78 is 41.9. The fourth-order valence-electron chi connectivity index (χ4n) is 6.65. The van der Waals surface area contributed by atoms with Crippen molar-refractivity contribution < 1.29 is 27.5 Å². The highest BCUT2D eigenvalue weighted by atomic mass is 19.4. The van der Waals surface area contributed by atoms with Gasteiger partial charge in [-0.3, -0.25) is 14.3 Å². The Kier molecular flexibility index (Phi) is 7.63. The van der Waals surface area contributed by atoms with Crippen LogP contribution in [0.1, 0.15) is 85.7 Å². The van der Waals surface area contributed by atoms with Gasteiger partial charge >= 0.3 is 6.36 Å². The van der Waals surface area contributed by atoms with Crippen LogP contribution in [0.5, 0.6) is 0 Å². The Bertz CT molecular complexity index is 1040. The normalized spacial score (nSPS) is 30.8. The molecule has 6 nitrogen and oxygen atoms in total. The number of amides is 2. The number of benzene rings is 1. The number of ether oxygens (including phenoxy) is 1. The summed E-state index contributed by atoms with van der Waals surface area (Å²) in [6.45, 7) is 4.27. The number of rotatable bonds is 6. The number of alkyl halides is 3. The van der Waals surface area contributed by atoms with Crippen molar-refractivity contribution in [2.75, 3.05) is 0 Å². The lowest BCUT2D eigenvalue weighted by Gasteiger charge is -2.38. The summed E-state index contributed by atoms with van der Waals surface area (Å²) in [5, 5.41) is 6.56. The third-order valence-corrected chi connectivity index (χ3v) is 8.53. The first-order valence-corrected chi connectivity index (χ1v) is 13.6. The van der Waals surface area contributed by atoms with Crippen molar-refractivity contribution in [3.8, 4) is 0 Å². The molecule has 4 aliphatic rings. The van der Waals surface area contributed by atoms with Gasteiger partial charge in [-0.15, -0.1) is 13.2 Å². The fraction of sp³-hybridized carbons (Fsp3) is 0.643. The topological polar surface area (TPSA) is 70.7 Å². The predicted octanol–water partition coefficient (Wildman–Crippen LogP) is 4.97. The number of fused-ring (bicyclic) bond motifs is 1. The molecule has 9 heteroatoms. The Morgan fingerprint density at radius 2 is 1.81 bits per heavy atom. The van der Waals surface area contributed by atoms with Gasteiger partial charge in [0.15, 0.2) is 0 Å². The molecule has 2 amide bonds. The Hall–Kier alpha value is -2.39. The largest absolute Gasteiger partial charge is 0.522 e. The summed E-state index contributed by atoms with van der Waals surface area (Å²) in [5.74, 6) is 0.198. The maximum atomic E-state index is 13.0. The van der Waals surface area contributed by atoms with E-state index in [9.17, 15) is 22.8 Å². The second-order valence-corrected chi connectivity index (χ2v) is 11.1. The van der Waals surface area contributed by atoms with Crippen LogP contribution >= 0.6 is 0 Å². The van der Waals surface area contributed by atoms with Gasteiger partial charge in [0.2, 0.25) is 5.91 Å². The van der Waals surface area contributed by atoms with Crippen LogP contribution in [-0.2, 0) is 22.5 Å². The van der Waals surface area contributed by atoms with Gasteiger partial charge in [0.25, 0.3) is 5.91 Å². The first-order chi connectivity index (χ1) is 17.7. The number of carbonyl (C=O) groups excluding carboxylic acids is 2. The van der Waals surface area contributed by atoms with E-state index in [4.69, 9.17) is 0 Å². The molecule has 1 saturated heterocycles. The van der Waals surface area contributed by atoms with E-state index in [1.165, 1.54) is 12.0 Å². The molecule has 37 heavy (non-hydrogen) atoms. The van der Waals surface area contributed by atoms with Gasteiger partial charge in [-0.05, 0) is 80.9 Å². The van der Waals surface area contributed by atoms with Gasteiger partial charge in [0, 0.05) is 29.9 Å². The summed E-state index contributed by atoms with van der Waals surface area (Å²) in [4.78, 5) is 27.2. The zero-order valence-corrected chi connectivity index (χ0v) is 21.1. The third kappa shape index (κ3) is 6.20. The standard InChI is InChI=1S/C28H36F3N3O3/c1-17-6-13-25(26(35)32-17)34-16-20-15-18(7-12-23(20)27(34)36)14-19-4-2-3-5-24(19)33-21-8-10-22(11-9-21)37-28(29,30)31/h7,12,15,19,21-22,24-25,33H,1-6,8-11,13-14,16H2,(H,32,35)/t19-,21-,22+,24+,25?/m1/s1. The van der Waals surface area contributed by atoms with E-state index in [-0.39, 0.29) is 17.9 Å². The molecule has 1 aromatic rings. The molecule has 0 bridgehead atoms. The minimum absolute atomic E-state index is 0.0865. The summed E-state index contributed by atoms with van der Waals surface area (Å²) in [6, 6.07) is 6.16. The van der Waals surface area contributed by atoms with Crippen molar-refractivity contribution in [2.45, 2.75) is 108 Å². The lowest BCUT2D eigenvalue weighted by Crippen LogP contribution is -2.49. The maximum absolute atomic E-state index is 13.0. The number of piperidine rings is 1. The number of nitrogens with zero attached hydrogens (tertiary/aromatic N) is 1. The molecule has 5 rings (SSSR count). The Morgan fingerprint density at radius 3 is 2.54 bits per heavy atom. The fourth-order valence-corrected chi connectivity index (χ4v) is 6.65. The van der Waals surface area contributed by atoms with Crippen molar-refractivity contribution >= 4 is 11.8 Å². The van der Waals surface area contributed by atoms with Crippen LogP contribution in [0, 0.1) is 5.92 Å². The Labute approximate surface area is 216 Å². The molecule has 2 saturated carbocycles. The van der Waals surface area contributed by atoms with Crippen molar-refractivity contribution in [3.63, 3.8) is 0 Å². The molecule has 1 aromatic carbocycles. The highest BCUT2D eigenvalue weighted by Crippen LogP contribution is 2.34. The molecule has 2 aliphatic heterocycles. The number of allylic oxidation sites excluding steroid dienone is 1. The summed E-state index contributed by atoms with van der Waals surface area (Å²) in [5.41, 5.74) is 3.54. The second kappa shape index (κ2) is 10.8. The van der Waals surface area contributed by atoms with Crippen molar-refractivity contribution in [1.29, 1.82) is 0 Å². The van der Waals surface area contributed by atoms with Gasteiger partial charge < -0.3 is 15.5 Å². The number of hydrogen-bond donors (Lipinski definition) is 2. The van der Waals surface area contributed by atoms with Crippen LogP contribution in [0.4, 0.5) is 13.2 Å². The van der Waals surface area contributed by atoms with Gasteiger partial charge in [0.05, 0.1) is 6.10 Å². The molecule has 2 heterocycles. The van der Waals surface area contributed by atoms with E-state index in [2.05, 4.69) is 28.0 Å². The van der Waals surface area contributed by atoms with E-state index in [1.54, 1.807) is 4.90 Å². The zero-order chi connectivity index (χ0) is 26.2. The molecule has 2 aliphatic carbocycles. The molecule has 202 valence electrons. The zero-order valence-electron chi connectivity index (χ0n) is 21.1. The lowest BCUT2D eigenvalue weighted by molar-refractivity contribution is -0.345. The lowest BCUT2D eigenvalue weighted by atomic mass is 9.79. The molecule has 0 aromatic heterocycles. The molecule has 0 spiro atoms. The summed E-state index contributed by atoms with van der Waals surface area (Å²) >= 11 is 0. The smallest absolute Gasteiger partial charge is 0.329 e. The van der Waals surface area contributed by atoms with Gasteiger partial charge in [-0.2, -0.15) is 0 Å². The molecular formula is C28H36F3N3O3. The maximum Gasteiger partial charge on any atom is 0.522 e. The average Bonchev–Trinajstić information content (AvgIpc) is 3.16.